The quantitative estimate of drug-likeness (QED) is 0.856. The number of aromatic carboxylic acids is 1. The maximum Gasteiger partial charge on any atom is 0.338 e. The number of nitrogens with zero attached hydrogens (tertiary/aromatic N) is 1. The van der Waals surface area contributed by atoms with Gasteiger partial charge in [-0.2, -0.15) is 5.26 Å². The van der Waals surface area contributed by atoms with Gasteiger partial charge in [0.15, 0.2) is 0 Å². The monoisotopic (exact) mass is 336 g/mol. The molecule has 0 aliphatic heterocycles. The van der Waals surface area contributed by atoms with Crippen LogP contribution in [0.5, 0.6) is 0 Å². The number of hydrogen-bond acceptors (Lipinski definition) is 4. The molecule has 0 amide bonds. The zero-order valence-electron chi connectivity index (χ0n) is 10.2. The predicted octanol–water partition coefficient (Wildman–Crippen LogP) is 2.13. The number of carboxylic acids is 1. The Bertz CT molecular complexity index is 682. The number of carbonyl (C=O) groups is 1. The summed E-state index contributed by atoms with van der Waals surface area (Å²) in [6.45, 7) is 1.43. The second-order valence-electron chi connectivity index (χ2n) is 3.92. The minimum absolute atomic E-state index is 0.111. The molecule has 0 aliphatic carbocycles. The number of nitrogens with one attached hydrogen (secondary N) is 1. The zero-order valence-corrected chi connectivity index (χ0v) is 12.6. The lowest BCUT2D eigenvalue weighted by Gasteiger charge is -2.11. The molecule has 1 aromatic rings. The number of halogens is 2. The first-order valence-electron chi connectivity index (χ1n) is 5.31. The van der Waals surface area contributed by atoms with E-state index in [1.807, 2.05) is 6.07 Å². The maximum atomic E-state index is 12.0. The lowest BCUT2D eigenvalue weighted by molar-refractivity contribution is 0.0697. The van der Waals surface area contributed by atoms with E-state index in [1.165, 1.54) is 6.92 Å². The van der Waals surface area contributed by atoms with Gasteiger partial charge in [-0.15, -0.1) is 0 Å². The molecule has 1 unspecified atom stereocenters. The Kier molecular flexibility index (Phi) is 5.36. The van der Waals surface area contributed by atoms with Gasteiger partial charge in [0.05, 0.1) is 27.6 Å². The van der Waals surface area contributed by atoms with Crippen molar-refractivity contribution >= 4 is 39.2 Å². The summed E-state index contributed by atoms with van der Waals surface area (Å²) in [6, 6.07) is 4.11. The molecule has 6 nitrogen and oxygen atoms in total. The van der Waals surface area contributed by atoms with E-state index in [9.17, 15) is 13.2 Å². The van der Waals surface area contributed by atoms with Crippen LogP contribution in [0.15, 0.2) is 17.0 Å². The topological polar surface area (TPSA) is 107 Å². The summed E-state index contributed by atoms with van der Waals surface area (Å²) in [6.07, 6.45) is 0. The predicted molar refractivity (Wildman–Crippen MR) is 73.4 cm³/mol. The highest BCUT2D eigenvalue weighted by Crippen LogP contribution is 2.30. The maximum absolute atomic E-state index is 12.0. The summed E-state index contributed by atoms with van der Waals surface area (Å²) in [7, 11) is -4.02. The Morgan fingerprint density at radius 2 is 2.10 bits per heavy atom. The lowest BCUT2D eigenvalue weighted by Crippen LogP contribution is -2.28. The van der Waals surface area contributed by atoms with Gasteiger partial charge in [0.2, 0.25) is 10.0 Å². The Morgan fingerprint density at radius 3 is 2.60 bits per heavy atom. The van der Waals surface area contributed by atoms with Crippen LogP contribution in [0.25, 0.3) is 0 Å². The Hall–Kier alpha value is -1.33. The van der Waals surface area contributed by atoms with Gasteiger partial charge in [-0.1, -0.05) is 23.2 Å². The standard InChI is InChI=1S/C11H10Cl2N2O4S/c1-6(4-14)5-15-20(18,19)8-3-2-7(12)9(10(8)13)11(16)17/h2-3,6,15H,5H2,1H3,(H,16,17). The Labute approximate surface area is 126 Å². The van der Waals surface area contributed by atoms with Crippen molar-refractivity contribution < 1.29 is 18.3 Å². The fraction of sp³-hybridized carbons (Fsp3) is 0.273. The molecule has 1 atom stereocenters. The van der Waals surface area contributed by atoms with Gasteiger partial charge in [0.25, 0.3) is 0 Å². The van der Waals surface area contributed by atoms with Crippen LogP contribution in [0.1, 0.15) is 17.3 Å². The summed E-state index contributed by atoms with van der Waals surface area (Å²) >= 11 is 11.5. The Morgan fingerprint density at radius 1 is 1.50 bits per heavy atom. The van der Waals surface area contributed by atoms with Crippen LogP contribution < -0.4 is 4.72 Å². The van der Waals surface area contributed by atoms with Crippen molar-refractivity contribution in [2.24, 2.45) is 5.92 Å². The first-order valence-corrected chi connectivity index (χ1v) is 7.55. The van der Waals surface area contributed by atoms with E-state index < -0.39 is 37.4 Å². The lowest BCUT2D eigenvalue weighted by atomic mass is 10.2. The van der Waals surface area contributed by atoms with Crippen LogP contribution in [0.2, 0.25) is 10.0 Å². The van der Waals surface area contributed by atoms with Crippen molar-refractivity contribution in [3.05, 3.63) is 27.7 Å². The highest BCUT2D eigenvalue weighted by molar-refractivity contribution is 7.89. The molecular weight excluding hydrogens is 327 g/mol. The fourth-order valence-electron chi connectivity index (χ4n) is 1.30. The molecule has 0 aliphatic rings. The van der Waals surface area contributed by atoms with Crippen LogP contribution in [-0.2, 0) is 10.0 Å². The second-order valence-corrected chi connectivity index (χ2v) is 6.44. The molecule has 0 aromatic heterocycles. The molecule has 0 saturated heterocycles. The van der Waals surface area contributed by atoms with E-state index in [4.69, 9.17) is 33.6 Å². The van der Waals surface area contributed by atoms with Crippen LogP contribution in [0.4, 0.5) is 0 Å². The molecular formula is C11H10Cl2N2O4S. The normalized spacial score (nSPS) is 12.7. The average molecular weight is 337 g/mol. The molecule has 0 heterocycles. The van der Waals surface area contributed by atoms with Crippen LogP contribution in [0.3, 0.4) is 0 Å². The van der Waals surface area contributed by atoms with Crippen molar-refractivity contribution in [2.75, 3.05) is 6.54 Å². The van der Waals surface area contributed by atoms with E-state index in [1.54, 1.807) is 0 Å². The molecule has 2 N–H and O–H groups in total. The zero-order chi connectivity index (χ0) is 15.5. The van der Waals surface area contributed by atoms with Gasteiger partial charge in [0, 0.05) is 6.54 Å². The number of nitriles is 1. The average Bonchev–Trinajstić information content (AvgIpc) is 2.35. The second kappa shape index (κ2) is 6.41. The summed E-state index contributed by atoms with van der Waals surface area (Å²) in [5.41, 5.74) is -0.482. The van der Waals surface area contributed by atoms with Crippen molar-refractivity contribution in [3.8, 4) is 6.07 Å². The van der Waals surface area contributed by atoms with Crippen LogP contribution in [-0.4, -0.2) is 26.0 Å². The summed E-state index contributed by atoms with van der Waals surface area (Å²) < 4.78 is 26.2. The molecule has 1 aromatic carbocycles. The highest BCUT2D eigenvalue weighted by atomic mass is 35.5. The fourth-order valence-corrected chi connectivity index (χ4v) is 3.34. The largest absolute Gasteiger partial charge is 0.478 e. The minimum atomic E-state index is -4.02. The first kappa shape index (κ1) is 16.7. The molecule has 0 spiro atoms. The van der Waals surface area contributed by atoms with Crippen molar-refractivity contribution in [1.82, 2.24) is 4.72 Å². The summed E-state index contributed by atoms with van der Waals surface area (Å²) in [5, 5.41) is 16.9. The van der Waals surface area contributed by atoms with Gasteiger partial charge in [0.1, 0.15) is 4.90 Å². The van der Waals surface area contributed by atoms with E-state index in [0.717, 1.165) is 12.1 Å². The third kappa shape index (κ3) is 3.61. The number of sulfonamides is 1. The third-order valence-electron chi connectivity index (χ3n) is 2.36. The van der Waals surface area contributed by atoms with Gasteiger partial charge in [-0.3, -0.25) is 0 Å². The van der Waals surface area contributed by atoms with Crippen LogP contribution in [0, 0.1) is 17.2 Å². The summed E-state index contributed by atoms with van der Waals surface area (Å²) in [4.78, 5) is 10.6. The van der Waals surface area contributed by atoms with Gasteiger partial charge < -0.3 is 5.11 Å². The number of rotatable bonds is 5. The van der Waals surface area contributed by atoms with Gasteiger partial charge >= 0.3 is 5.97 Å². The van der Waals surface area contributed by atoms with Crippen molar-refractivity contribution in [3.63, 3.8) is 0 Å². The first-order chi connectivity index (χ1) is 9.20. The number of benzene rings is 1. The van der Waals surface area contributed by atoms with Crippen molar-refractivity contribution in [2.45, 2.75) is 11.8 Å². The van der Waals surface area contributed by atoms with Gasteiger partial charge in [-0.25, -0.2) is 17.9 Å². The SMILES string of the molecule is CC(C#N)CNS(=O)(=O)c1ccc(Cl)c(C(=O)O)c1Cl. The number of hydrogen-bond donors (Lipinski definition) is 2. The molecule has 20 heavy (non-hydrogen) atoms. The minimum Gasteiger partial charge on any atom is -0.478 e. The van der Waals surface area contributed by atoms with Gasteiger partial charge in [-0.05, 0) is 19.1 Å². The molecule has 0 saturated carbocycles. The molecule has 0 fully saturated rings. The number of carboxylic acid groups (broad SMARTS) is 1. The van der Waals surface area contributed by atoms with Crippen molar-refractivity contribution in [1.29, 1.82) is 5.26 Å². The van der Waals surface area contributed by atoms with E-state index >= 15 is 0 Å². The van der Waals surface area contributed by atoms with E-state index in [0.29, 0.717) is 0 Å². The molecule has 0 radical (unpaired) electrons. The van der Waals surface area contributed by atoms with Crippen LogP contribution >= 0.6 is 23.2 Å². The third-order valence-corrected chi connectivity index (χ3v) is 4.64. The smallest absolute Gasteiger partial charge is 0.338 e. The molecule has 0 bridgehead atoms. The van der Waals surface area contributed by atoms with E-state index in [2.05, 4.69) is 4.72 Å². The molecule has 1 rings (SSSR count). The highest BCUT2D eigenvalue weighted by Gasteiger charge is 2.24. The van der Waals surface area contributed by atoms with E-state index in [-0.39, 0.29) is 11.6 Å². The summed E-state index contributed by atoms with van der Waals surface area (Å²) in [5.74, 6) is -1.96. The molecule has 108 valence electrons. The molecule has 9 heteroatoms. The Balaban J connectivity index is 3.24.